The Hall–Kier alpha value is -4.20. The van der Waals surface area contributed by atoms with Crippen LogP contribution in [0.5, 0.6) is 11.5 Å². The molecule has 0 spiro atoms. The van der Waals surface area contributed by atoms with E-state index >= 15 is 0 Å². The highest BCUT2D eigenvalue weighted by Crippen LogP contribution is 2.33. The number of esters is 4. The molecule has 0 aliphatic heterocycles. The summed E-state index contributed by atoms with van der Waals surface area (Å²) in [5.41, 5.74) is -3.02. The Labute approximate surface area is 185 Å². The van der Waals surface area contributed by atoms with E-state index in [0.29, 0.717) is 0 Å². The summed E-state index contributed by atoms with van der Waals surface area (Å²) in [6.45, 7) is 6.85. The van der Waals surface area contributed by atoms with Crippen LogP contribution in [-0.4, -0.2) is 37.6 Å². The van der Waals surface area contributed by atoms with Gasteiger partial charge in [-0.1, -0.05) is 55.6 Å². The number of carbonyl (C=O) groups is 4. The third kappa shape index (κ3) is 5.69. The first-order chi connectivity index (χ1) is 15.3. The lowest BCUT2D eigenvalue weighted by molar-refractivity contribution is -0.174. The normalized spacial score (nSPS) is 10.4. The third-order valence-corrected chi connectivity index (χ3v) is 4.24. The minimum absolute atomic E-state index is 0.0677. The minimum atomic E-state index is -2.68. The number of ether oxygens (including phenoxy) is 4. The topological polar surface area (TPSA) is 105 Å². The van der Waals surface area contributed by atoms with Crippen LogP contribution in [0.4, 0.5) is 0 Å². The van der Waals surface area contributed by atoms with Gasteiger partial charge in [0.15, 0.2) is 0 Å². The largest absolute Gasteiger partial charge is 0.468 e. The first-order valence-corrected chi connectivity index (χ1v) is 9.44. The molecule has 0 saturated carbocycles. The predicted molar refractivity (Wildman–Crippen MR) is 114 cm³/mol. The fraction of sp³-hybridized carbons (Fsp3) is 0.167. The molecule has 2 aromatic carbocycles. The molecule has 0 heterocycles. The van der Waals surface area contributed by atoms with E-state index < -0.39 is 35.7 Å². The van der Waals surface area contributed by atoms with Crippen LogP contribution in [0.25, 0.3) is 0 Å². The van der Waals surface area contributed by atoms with E-state index in [2.05, 4.69) is 13.2 Å². The number of methoxy groups -OCH3 is 1. The van der Waals surface area contributed by atoms with Crippen molar-refractivity contribution in [3.63, 3.8) is 0 Å². The molecule has 0 bridgehead atoms. The number of para-hydroxylation sites is 2. The number of carbonyl (C=O) groups excluding carboxylic acids is 4. The van der Waals surface area contributed by atoms with Crippen LogP contribution < -0.4 is 9.47 Å². The lowest BCUT2D eigenvalue weighted by atomic mass is 9.81. The van der Waals surface area contributed by atoms with Crippen molar-refractivity contribution in [2.45, 2.75) is 6.42 Å². The Morgan fingerprint density at radius 2 is 1.31 bits per heavy atom. The van der Waals surface area contributed by atoms with E-state index in [0.717, 1.165) is 7.11 Å². The van der Waals surface area contributed by atoms with Crippen molar-refractivity contribution < 1.29 is 38.1 Å². The molecule has 166 valence electrons. The number of hydrogen-bond acceptors (Lipinski definition) is 8. The first-order valence-electron chi connectivity index (χ1n) is 9.44. The summed E-state index contributed by atoms with van der Waals surface area (Å²) in [5.74, 6) is -4.67. The van der Waals surface area contributed by atoms with Crippen LogP contribution in [0.15, 0.2) is 85.5 Å². The average Bonchev–Trinajstić information content (AvgIpc) is 2.81. The van der Waals surface area contributed by atoms with Crippen LogP contribution in [-0.2, 0) is 28.7 Å². The summed E-state index contributed by atoms with van der Waals surface area (Å²) in [7, 11) is 0.988. The Balaban J connectivity index is 2.48. The van der Waals surface area contributed by atoms with E-state index in [1.165, 1.54) is 30.3 Å². The van der Waals surface area contributed by atoms with Crippen molar-refractivity contribution in [3.05, 3.63) is 85.5 Å². The van der Waals surface area contributed by atoms with Gasteiger partial charge >= 0.3 is 23.9 Å². The van der Waals surface area contributed by atoms with Crippen LogP contribution >= 0.6 is 0 Å². The molecule has 0 amide bonds. The van der Waals surface area contributed by atoms with Gasteiger partial charge in [0.05, 0.1) is 7.11 Å². The van der Waals surface area contributed by atoms with Gasteiger partial charge in [0, 0.05) is 12.0 Å². The van der Waals surface area contributed by atoms with Crippen molar-refractivity contribution in [2.75, 3.05) is 13.7 Å². The summed E-state index contributed by atoms with van der Waals surface area (Å²) in [4.78, 5) is 51.5. The molecule has 8 heteroatoms. The molecule has 0 aliphatic rings. The summed E-state index contributed by atoms with van der Waals surface area (Å²) < 4.78 is 20.2. The molecule has 8 nitrogen and oxygen atoms in total. The maximum absolute atomic E-state index is 13.2. The molecular weight excluding hydrogens is 416 g/mol. The number of benzene rings is 2. The zero-order valence-corrected chi connectivity index (χ0v) is 17.4. The molecule has 0 N–H and O–H groups in total. The SMILES string of the molecule is C=CCOC(=O)C(=C)CC(C(=O)OC)(C(=O)Oc1ccccc1)C(=O)Oc1ccccc1. The van der Waals surface area contributed by atoms with E-state index in [1.54, 1.807) is 36.4 Å². The van der Waals surface area contributed by atoms with Crippen molar-refractivity contribution in [1.82, 2.24) is 0 Å². The molecule has 0 aromatic heterocycles. The average molecular weight is 438 g/mol. The van der Waals surface area contributed by atoms with Gasteiger partial charge in [-0.15, -0.1) is 0 Å². The Kier molecular flexibility index (Phi) is 8.47. The van der Waals surface area contributed by atoms with Gasteiger partial charge < -0.3 is 18.9 Å². The highest BCUT2D eigenvalue weighted by molar-refractivity contribution is 6.19. The third-order valence-electron chi connectivity index (χ3n) is 4.24. The zero-order valence-electron chi connectivity index (χ0n) is 17.4. The summed E-state index contributed by atoms with van der Waals surface area (Å²) in [6, 6.07) is 15.6. The van der Waals surface area contributed by atoms with E-state index in [9.17, 15) is 19.2 Å². The van der Waals surface area contributed by atoms with Crippen LogP contribution in [0.2, 0.25) is 0 Å². The van der Waals surface area contributed by atoms with Gasteiger partial charge in [-0.05, 0) is 24.3 Å². The highest BCUT2D eigenvalue weighted by Gasteiger charge is 2.58. The lowest BCUT2D eigenvalue weighted by Gasteiger charge is -2.27. The van der Waals surface area contributed by atoms with Crippen LogP contribution in [0, 0.1) is 5.41 Å². The molecule has 32 heavy (non-hydrogen) atoms. The second-order valence-electron chi connectivity index (χ2n) is 6.47. The lowest BCUT2D eigenvalue weighted by Crippen LogP contribution is -2.52. The first kappa shape index (κ1) is 24.1. The maximum Gasteiger partial charge on any atom is 0.340 e. The molecule has 2 aromatic rings. The fourth-order valence-electron chi connectivity index (χ4n) is 2.64. The zero-order chi connectivity index (χ0) is 23.6. The van der Waals surface area contributed by atoms with Gasteiger partial charge in [-0.25, -0.2) is 14.4 Å². The van der Waals surface area contributed by atoms with Gasteiger partial charge in [-0.3, -0.25) is 4.79 Å². The quantitative estimate of drug-likeness (QED) is 0.183. The molecule has 0 radical (unpaired) electrons. The van der Waals surface area contributed by atoms with Crippen LogP contribution in [0.3, 0.4) is 0 Å². The molecule has 0 saturated heterocycles. The smallest absolute Gasteiger partial charge is 0.340 e. The monoisotopic (exact) mass is 438 g/mol. The van der Waals surface area contributed by atoms with Gasteiger partial charge in [0.1, 0.15) is 18.1 Å². The van der Waals surface area contributed by atoms with E-state index in [-0.39, 0.29) is 23.7 Å². The molecule has 0 fully saturated rings. The van der Waals surface area contributed by atoms with Crippen LogP contribution in [0.1, 0.15) is 6.42 Å². The van der Waals surface area contributed by atoms with Crippen molar-refractivity contribution >= 4 is 23.9 Å². The van der Waals surface area contributed by atoms with Crippen molar-refractivity contribution in [2.24, 2.45) is 5.41 Å². The number of hydrogen-bond donors (Lipinski definition) is 0. The second-order valence-corrected chi connectivity index (χ2v) is 6.47. The predicted octanol–water partition coefficient (Wildman–Crippen LogP) is 3.03. The Morgan fingerprint density at radius 3 is 1.72 bits per heavy atom. The molecule has 0 atom stereocenters. The summed E-state index contributed by atoms with van der Waals surface area (Å²) in [5, 5.41) is 0. The Bertz CT molecular complexity index is 942. The van der Waals surface area contributed by atoms with Gasteiger partial charge in [-0.2, -0.15) is 0 Å². The summed E-state index contributed by atoms with van der Waals surface area (Å²) in [6.07, 6.45) is 0.541. The minimum Gasteiger partial charge on any atom is -0.468 e. The second kappa shape index (κ2) is 11.3. The molecular formula is C24H22O8. The summed E-state index contributed by atoms with van der Waals surface area (Å²) >= 11 is 0. The van der Waals surface area contributed by atoms with Gasteiger partial charge in [0.2, 0.25) is 0 Å². The molecule has 0 unspecified atom stereocenters. The van der Waals surface area contributed by atoms with Gasteiger partial charge in [0.25, 0.3) is 5.41 Å². The molecule has 2 rings (SSSR count). The van der Waals surface area contributed by atoms with Crippen molar-refractivity contribution in [1.29, 1.82) is 0 Å². The van der Waals surface area contributed by atoms with Crippen molar-refractivity contribution in [3.8, 4) is 11.5 Å². The fourth-order valence-corrected chi connectivity index (χ4v) is 2.64. The number of rotatable bonds is 10. The maximum atomic E-state index is 13.2. The Morgan fingerprint density at radius 1 is 0.844 bits per heavy atom. The standard InChI is InChI=1S/C24H22O8/c1-4-15-30-20(25)17(2)16-24(21(26)29-3,22(27)31-18-11-7-5-8-12-18)23(28)32-19-13-9-6-10-14-19/h4-14H,1-2,15-16H2,3H3. The molecule has 0 aliphatic carbocycles. The highest BCUT2D eigenvalue weighted by atomic mass is 16.6. The van der Waals surface area contributed by atoms with E-state index in [1.807, 2.05) is 0 Å². The van der Waals surface area contributed by atoms with E-state index in [4.69, 9.17) is 18.9 Å².